The number of hydrogen-bond donors (Lipinski definition) is 0. The zero-order valence-electron chi connectivity index (χ0n) is 16.4. The van der Waals surface area contributed by atoms with Gasteiger partial charge in [0.1, 0.15) is 12.3 Å². The van der Waals surface area contributed by atoms with E-state index in [9.17, 15) is 18.0 Å². The lowest BCUT2D eigenvalue weighted by Crippen LogP contribution is -2.30. The first-order valence-corrected chi connectivity index (χ1v) is 11.4. The van der Waals surface area contributed by atoms with E-state index in [0.29, 0.717) is 24.4 Å². The van der Waals surface area contributed by atoms with Crippen molar-refractivity contribution < 1.29 is 17.9 Å². The summed E-state index contributed by atoms with van der Waals surface area (Å²) in [7, 11) is -3.60. The summed E-state index contributed by atoms with van der Waals surface area (Å²) in [4.78, 5) is 28.9. The van der Waals surface area contributed by atoms with Crippen molar-refractivity contribution in [2.24, 2.45) is 0 Å². The van der Waals surface area contributed by atoms with Crippen LogP contribution >= 0.6 is 15.9 Å². The van der Waals surface area contributed by atoms with Gasteiger partial charge in [-0.1, -0.05) is 13.8 Å². The van der Waals surface area contributed by atoms with Crippen molar-refractivity contribution in [3.63, 3.8) is 0 Å². The molecular weight excluding hydrogens is 474 g/mol. The predicted octanol–water partition coefficient (Wildman–Crippen LogP) is 2.84. The van der Waals surface area contributed by atoms with Gasteiger partial charge in [-0.3, -0.25) is 9.20 Å². The SMILES string of the molecule is CCN(CC)S(=O)(=O)c1ccc(C(=O)OCc2cc(=O)n3cc(Br)ccc3n2)cc1. The Balaban J connectivity index is 1.73. The normalized spacial score (nSPS) is 11.7. The fraction of sp³-hybridized carbons (Fsp3) is 0.250. The van der Waals surface area contributed by atoms with Crippen LogP contribution in [0.4, 0.5) is 0 Å². The quantitative estimate of drug-likeness (QED) is 0.469. The van der Waals surface area contributed by atoms with Gasteiger partial charge in [0.25, 0.3) is 5.56 Å². The molecule has 0 amide bonds. The Bertz CT molecular complexity index is 1240. The van der Waals surface area contributed by atoms with Crippen molar-refractivity contribution in [1.82, 2.24) is 13.7 Å². The van der Waals surface area contributed by atoms with Gasteiger partial charge < -0.3 is 4.74 Å². The second-order valence-corrected chi connectivity index (χ2v) is 9.20. The molecule has 0 N–H and O–H groups in total. The number of hydrogen-bond acceptors (Lipinski definition) is 6. The number of aromatic nitrogens is 2. The Morgan fingerprint density at radius 3 is 2.43 bits per heavy atom. The lowest BCUT2D eigenvalue weighted by Gasteiger charge is -2.18. The smallest absolute Gasteiger partial charge is 0.338 e. The number of carbonyl (C=O) groups is 1. The van der Waals surface area contributed by atoms with Gasteiger partial charge in [-0.2, -0.15) is 4.31 Å². The van der Waals surface area contributed by atoms with Crippen LogP contribution in [-0.2, 0) is 21.4 Å². The van der Waals surface area contributed by atoms with E-state index in [-0.39, 0.29) is 22.6 Å². The standard InChI is InChI=1S/C20H20BrN3O5S/c1-3-23(4-2)30(27,28)17-8-5-14(6-9-17)20(26)29-13-16-11-19(25)24-12-15(21)7-10-18(24)22-16/h5-12H,3-4,13H2,1-2H3. The summed E-state index contributed by atoms with van der Waals surface area (Å²) in [5.41, 5.74) is 0.660. The molecule has 158 valence electrons. The van der Waals surface area contributed by atoms with Crippen molar-refractivity contribution in [2.75, 3.05) is 13.1 Å². The van der Waals surface area contributed by atoms with Crippen LogP contribution < -0.4 is 5.56 Å². The molecule has 0 aliphatic heterocycles. The minimum atomic E-state index is -3.60. The highest BCUT2D eigenvalue weighted by atomic mass is 79.9. The van der Waals surface area contributed by atoms with Crippen molar-refractivity contribution in [1.29, 1.82) is 0 Å². The first-order chi connectivity index (χ1) is 14.3. The summed E-state index contributed by atoms with van der Waals surface area (Å²) in [6, 6.07) is 10.3. The molecular formula is C20H20BrN3O5S. The minimum Gasteiger partial charge on any atom is -0.456 e. The van der Waals surface area contributed by atoms with Gasteiger partial charge in [0.15, 0.2) is 0 Å². The van der Waals surface area contributed by atoms with Gasteiger partial charge in [-0.25, -0.2) is 18.2 Å². The summed E-state index contributed by atoms with van der Waals surface area (Å²) in [6.07, 6.45) is 1.61. The second-order valence-electron chi connectivity index (χ2n) is 6.35. The van der Waals surface area contributed by atoms with Crippen LogP contribution in [0.5, 0.6) is 0 Å². The molecule has 0 spiro atoms. The number of nitrogens with zero attached hydrogens (tertiary/aromatic N) is 3. The van der Waals surface area contributed by atoms with Gasteiger partial charge in [0.2, 0.25) is 10.0 Å². The monoisotopic (exact) mass is 493 g/mol. The average molecular weight is 494 g/mol. The molecule has 2 aromatic heterocycles. The van der Waals surface area contributed by atoms with Crippen LogP contribution in [0.1, 0.15) is 29.9 Å². The Morgan fingerprint density at radius 2 is 1.80 bits per heavy atom. The molecule has 0 saturated carbocycles. The van der Waals surface area contributed by atoms with E-state index in [2.05, 4.69) is 20.9 Å². The maximum Gasteiger partial charge on any atom is 0.338 e. The molecule has 0 aliphatic rings. The fourth-order valence-electron chi connectivity index (χ4n) is 2.90. The van der Waals surface area contributed by atoms with Crippen molar-refractivity contribution >= 4 is 37.6 Å². The Morgan fingerprint density at radius 1 is 1.13 bits per heavy atom. The van der Waals surface area contributed by atoms with Gasteiger partial charge in [0, 0.05) is 29.8 Å². The molecule has 0 atom stereocenters. The molecule has 0 fully saturated rings. The Kier molecular flexibility index (Phi) is 6.69. The third-order valence-electron chi connectivity index (χ3n) is 4.46. The van der Waals surface area contributed by atoms with Crippen molar-refractivity contribution in [2.45, 2.75) is 25.3 Å². The number of sulfonamides is 1. The molecule has 30 heavy (non-hydrogen) atoms. The zero-order chi connectivity index (χ0) is 21.9. The van der Waals surface area contributed by atoms with E-state index in [4.69, 9.17) is 4.74 Å². The number of halogens is 1. The molecule has 1 aromatic carbocycles. The maximum atomic E-state index is 12.5. The number of benzene rings is 1. The Labute approximate surface area is 182 Å². The van der Waals surface area contributed by atoms with E-state index >= 15 is 0 Å². The first kappa shape index (κ1) is 22.1. The molecule has 3 rings (SSSR count). The van der Waals surface area contributed by atoms with Gasteiger partial charge in [0.05, 0.1) is 16.2 Å². The van der Waals surface area contributed by atoms with E-state index in [0.717, 1.165) is 4.47 Å². The summed E-state index contributed by atoms with van der Waals surface area (Å²) >= 11 is 3.30. The summed E-state index contributed by atoms with van der Waals surface area (Å²) in [6.45, 7) is 4.06. The number of pyridine rings is 1. The number of fused-ring (bicyclic) bond motifs is 1. The van der Waals surface area contributed by atoms with E-state index < -0.39 is 16.0 Å². The average Bonchev–Trinajstić information content (AvgIpc) is 2.73. The highest BCUT2D eigenvalue weighted by Crippen LogP contribution is 2.17. The van der Waals surface area contributed by atoms with E-state index in [1.807, 2.05) is 0 Å². The van der Waals surface area contributed by atoms with E-state index in [1.54, 1.807) is 32.2 Å². The van der Waals surface area contributed by atoms with Crippen molar-refractivity contribution in [3.8, 4) is 0 Å². The molecule has 0 unspecified atom stereocenters. The van der Waals surface area contributed by atoms with Crippen LogP contribution in [0.2, 0.25) is 0 Å². The van der Waals surface area contributed by atoms with E-state index in [1.165, 1.54) is 39.0 Å². The lowest BCUT2D eigenvalue weighted by molar-refractivity contribution is 0.0467. The Hall–Kier alpha value is -2.56. The molecule has 10 heteroatoms. The largest absolute Gasteiger partial charge is 0.456 e. The first-order valence-electron chi connectivity index (χ1n) is 9.21. The predicted molar refractivity (Wildman–Crippen MR) is 115 cm³/mol. The highest BCUT2D eigenvalue weighted by Gasteiger charge is 2.22. The molecule has 0 radical (unpaired) electrons. The summed E-state index contributed by atoms with van der Waals surface area (Å²) < 4.78 is 33.7. The van der Waals surface area contributed by atoms with Crippen LogP contribution in [0.3, 0.4) is 0 Å². The third kappa shape index (κ3) is 4.61. The minimum absolute atomic E-state index is 0.109. The molecule has 3 aromatic rings. The third-order valence-corrected chi connectivity index (χ3v) is 6.99. The van der Waals surface area contributed by atoms with Crippen LogP contribution in [-0.4, -0.2) is 41.2 Å². The molecule has 8 nitrogen and oxygen atoms in total. The number of rotatable bonds is 7. The second kappa shape index (κ2) is 9.07. The fourth-order valence-corrected chi connectivity index (χ4v) is 4.69. The number of ether oxygens (including phenoxy) is 1. The maximum absolute atomic E-state index is 12.5. The molecule has 0 bridgehead atoms. The van der Waals surface area contributed by atoms with Gasteiger partial charge in [-0.05, 0) is 52.3 Å². The number of esters is 1. The van der Waals surface area contributed by atoms with Gasteiger partial charge in [-0.15, -0.1) is 0 Å². The van der Waals surface area contributed by atoms with Crippen LogP contribution in [0.15, 0.2) is 62.8 Å². The van der Waals surface area contributed by atoms with Gasteiger partial charge >= 0.3 is 5.97 Å². The molecule has 2 heterocycles. The number of carbonyl (C=O) groups excluding carboxylic acids is 1. The highest BCUT2D eigenvalue weighted by molar-refractivity contribution is 9.10. The summed E-state index contributed by atoms with van der Waals surface area (Å²) in [5, 5.41) is 0. The van der Waals surface area contributed by atoms with Crippen LogP contribution in [0, 0.1) is 0 Å². The zero-order valence-corrected chi connectivity index (χ0v) is 18.8. The van der Waals surface area contributed by atoms with Crippen LogP contribution in [0.25, 0.3) is 5.65 Å². The summed E-state index contributed by atoms with van der Waals surface area (Å²) in [5.74, 6) is -0.639. The molecule has 0 aliphatic carbocycles. The van der Waals surface area contributed by atoms with Crippen molar-refractivity contribution in [3.05, 3.63) is 74.7 Å². The molecule has 0 saturated heterocycles. The topological polar surface area (TPSA) is 98.0 Å². The lowest BCUT2D eigenvalue weighted by atomic mass is 10.2.